The molecule has 1 saturated heterocycles. The Morgan fingerprint density at radius 2 is 2.44 bits per heavy atom. The van der Waals surface area contributed by atoms with Crippen molar-refractivity contribution in [3.63, 3.8) is 0 Å². The first-order chi connectivity index (χ1) is 8.55. The molecule has 0 spiro atoms. The molecule has 100 valence electrons. The standard InChI is InChI=1S/C13H18BrNO2S/c1-2-3-13(12(16)17)4-5-15(9-13)7-10-6-11(14)18-8-10/h6,8H,2-5,7,9H2,1H3,(H,16,17). The summed E-state index contributed by atoms with van der Waals surface area (Å²) in [7, 11) is 0. The Labute approximate surface area is 120 Å². The van der Waals surface area contributed by atoms with Crippen molar-refractivity contribution in [1.82, 2.24) is 4.90 Å². The van der Waals surface area contributed by atoms with Crippen molar-refractivity contribution < 1.29 is 9.90 Å². The molecule has 1 N–H and O–H groups in total. The summed E-state index contributed by atoms with van der Waals surface area (Å²) in [4.78, 5) is 13.7. The van der Waals surface area contributed by atoms with Gasteiger partial charge in [-0.2, -0.15) is 0 Å². The van der Waals surface area contributed by atoms with Crippen molar-refractivity contribution in [2.45, 2.75) is 32.7 Å². The van der Waals surface area contributed by atoms with Crippen LogP contribution >= 0.6 is 27.3 Å². The number of carboxylic acid groups (broad SMARTS) is 1. The smallest absolute Gasteiger partial charge is 0.310 e. The number of halogens is 1. The summed E-state index contributed by atoms with van der Waals surface area (Å²) in [5, 5.41) is 11.6. The predicted molar refractivity (Wildman–Crippen MR) is 76.9 cm³/mol. The minimum Gasteiger partial charge on any atom is -0.481 e. The highest BCUT2D eigenvalue weighted by molar-refractivity contribution is 9.11. The Kier molecular flexibility index (Phi) is 4.45. The summed E-state index contributed by atoms with van der Waals surface area (Å²) in [5.74, 6) is -0.627. The third kappa shape index (κ3) is 2.95. The first kappa shape index (κ1) is 14.0. The number of carboxylic acids is 1. The number of thiophene rings is 1. The first-order valence-corrected chi connectivity index (χ1v) is 7.92. The zero-order chi connectivity index (χ0) is 13.2. The number of nitrogens with zero attached hydrogens (tertiary/aromatic N) is 1. The molecule has 0 aromatic carbocycles. The van der Waals surface area contributed by atoms with E-state index in [1.807, 2.05) is 0 Å². The average Bonchev–Trinajstić information content (AvgIpc) is 2.88. The molecule has 1 unspecified atom stereocenters. The van der Waals surface area contributed by atoms with Gasteiger partial charge in [0.15, 0.2) is 0 Å². The molecule has 1 atom stereocenters. The molecule has 0 bridgehead atoms. The van der Waals surface area contributed by atoms with Crippen molar-refractivity contribution in [2.24, 2.45) is 5.41 Å². The monoisotopic (exact) mass is 331 g/mol. The van der Waals surface area contributed by atoms with E-state index in [0.29, 0.717) is 6.54 Å². The van der Waals surface area contributed by atoms with Gasteiger partial charge in [-0.1, -0.05) is 13.3 Å². The zero-order valence-electron chi connectivity index (χ0n) is 10.5. The van der Waals surface area contributed by atoms with Crippen molar-refractivity contribution in [1.29, 1.82) is 0 Å². The van der Waals surface area contributed by atoms with Crippen LogP contribution in [0.2, 0.25) is 0 Å². The van der Waals surface area contributed by atoms with E-state index in [2.05, 4.69) is 39.2 Å². The number of hydrogen-bond acceptors (Lipinski definition) is 3. The largest absolute Gasteiger partial charge is 0.481 e. The van der Waals surface area contributed by atoms with Gasteiger partial charge in [-0.15, -0.1) is 11.3 Å². The summed E-state index contributed by atoms with van der Waals surface area (Å²) in [6.45, 7) is 4.49. The van der Waals surface area contributed by atoms with Crippen LogP contribution in [0.1, 0.15) is 31.7 Å². The van der Waals surface area contributed by atoms with Gasteiger partial charge < -0.3 is 5.11 Å². The maximum Gasteiger partial charge on any atom is 0.310 e. The highest BCUT2D eigenvalue weighted by Crippen LogP contribution is 2.36. The molecular formula is C13H18BrNO2S. The molecule has 0 aliphatic carbocycles. The van der Waals surface area contributed by atoms with Gasteiger partial charge in [-0.05, 0) is 52.3 Å². The van der Waals surface area contributed by atoms with E-state index in [-0.39, 0.29) is 0 Å². The van der Waals surface area contributed by atoms with Crippen LogP contribution in [-0.4, -0.2) is 29.1 Å². The fourth-order valence-corrected chi connectivity index (χ4v) is 3.94. The van der Waals surface area contributed by atoms with E-state index < -0.39 is 11.4 Å². The predicted octanol–water partition coefficient (Wildman–Crippen LogP) is 3.59. The average molecular weight is 332 g/mol. The van der Waals surface area contributed by atoms with Gasteiger partial charge in [-0.3, -0.25) is 9.69 Å². The Bertz CT molecular complexity index is 434. The third-order valence-electron chi connectivity index (χ3n) is 3.64. The second-order valence-corrected chi connectivity index (χ2v) is 7.35. The molecule has 1 aromatic heterocycles. The first-order valence-electron chi connectivity index (χ1n) is 6.24. The second-order valence-electron chi connectivity index (χ2n) is 5.06. The van der Waals surface area contributed by atoms with Crippen molar-refractivity contribution in [3.8, 4) is 0 Å². The molecule has 0 saturated carbocycles. The second kappa shape index (κ2) is 5.72. The molecule has 3 nitrogen and oxygen atoms in total. The van der Waals surface area contributed by atoms with E-state index in [4.69, 9.17) is 0 Å². The van der Waals surface area contributed by atoms with Crippen molar-refractivity contribution in [3.05, 3.63) is 20.8 Å². The van der Waals surface area contributed by atoms with Gasteiger partial charge in [0.1, 0.15) is 0 Å². The Morgan fingerprint density at radius 3 is 3.00 bits per heavy atom. The highest BCUT2D eigenvalue weighted by Gasteiger charge is 2.43. The SMILES string of the molecule is CCCC1(C(=O)O)CCN(Cc2csc(Br)c2)C1. The molecule has 1 aliphatic heterocycles. The van der Waals surface area contributed by atoms with Crippen LogP contribution in [0, 0.1) is 5.41 Å². The van der Waals surface area contributed by atoms with Gasteiger partial charge in [0.25, 0.3) is 0 Å². The highest BCUT2D eigenvalue weighted by atomic mass is 79.9. The van der Waals surface area contributed by atoms with Gasteiger partial charge >= 0.3 is 5.97 Å². The molecule has 2 rings (SSSR count). The number of hydrogen-bond donors (Lipinski definition) is 1. The van der Waals surface area contributed by atoms with Gasteiger partial charge in [0, 0.05) is 13.1 Å². The molecule has 1 aliphatic rings. The quantitative estimate of drug-likeness (QED) is 0.896. The Balaban J connectivity index is 2.00. The normalized spacial score (nSPS) is 24.6. The zero-order valence-corrected chi connectivity index (χ0v) is 12.9. The molecular weight excluding hydrogens is 314 g/mol. The van der Waals surface area contributed by atoms with E-state index in [9.17, 15) is 9.90 Å². The summed E-state index contributed by atoms with van der Waals surface area (Å²) >= 11 is 5.14. The summed E-state index contributed by atoms with van der Waals surface area (Å²) in [5.41, 5.74) is 0.756. The van der Waals surface area contributed by atoms with Crippen LogP contribution in [0.25, 0.3) is 0 Å². The molecule has 0 amide bonds. The van der Waals surface area contributed by atoms with Gasteiger partial charge in [0.05, 0.1) is 9.20 Å². The van der Waals surface area contributed by atoms with Crippen molar-refractivity contribution in [2.75, 3.05) is 13.1 Å². The number of carbonyl (C=O) groups is 1. The van der Waals surface area contributed by atoms with E-state index in [1.54, 1.807) is 11.3 Å². The fourth-order valence-electron chi connectivity index (χ4n) is 2.74. The maximum absolute atomic E-state index is 11.5. The number of likely N-dealkylation sites (tertiary alicyclic amines) is 1. The summed E-state index contributed by atoms with van der Waals surface area (Å²) in [6.07, 6.45) is 2.50. The minimum atomic E-state index is -0.627. The molecule has 2 heterocycles. The number of aliphatic carboxylic acids is 1. The molecule has 0 radical (unpaired) electrons. The molecule has 1 aromatic rings. The van der Waals surface area contributed by atoms with Crippen LogP contribution in [0.5, 0.6) is 0 Å². The fraction of sp³-hybridized carbons (Fsp3) is 0.615. The Hall–Kier alpha value is -0.390. The van der Waals surface area contributed by atoms with E-state index >= 15 is 0 Å². The third-order valence-corrected chi connectivity index (χ3v) is 5.20. The van der Waals surface area contributed by atoms with Crippen LogP contribution in [-0.2, 0) is 11.3 Å². The van der Waals surface area contributed by atoms with Crippen LogP contribution in [0.4, 0.5) is 0 Å². The van der Waals surface area contributed by atoms with Crippen LogP contribution in [0.3, 0.4) is 0 Å². The summed E-state index contributed by atoms with van der Waals surface area (Å²) in [6, 6.07) is 2.12. The van der Waals surface area contributed by atoms with Crippen molar-refractivity contribution >= 4 is 33.2 Å². The number of rotatable bonds is 5. The minimum absolute atomic E-state index is 0.512. The van der Waals surface area contributed by atoms with Crippen LogP contribution < -0.4 is 0 Å². The van der Waals surface area contributed by atoms with Crippen LogP contribution in [0.15, 0.2) is 15.2 Å². The maximum atomic E-state index is 11.5. The topological polar surface area (TPSA) is 40.5 Å². The lowest BCUT2D eigenvalue weighted by atomic mass is 9.83. The molecule has 1 fully saturated rings. The Morgan fingerprint density at radius 1 is 1.67 bits per heavy atom. The summed E-state index contributed by atoms with van der Waals surface area (Å²) < 4.78 is 1.13. The lowest BCUT2D eigenvalue weighted by Gasteiger charge is -2.24. The molecule has 18 heavy (non-hydrogen) atoms. The molecule has 5 heteroatoms. The lowest BCUT2D eigenvalue weighted by molar-refractivity contribution is -0.148. The van der Waals surface area contributed by atoms with E-state index in [1.165, 1.54) is 5.56 Å². The van der Waals surface area contributed by atoms with E-state index in [0.717, 1.165) is 36.1 Å². The van der Waals surface area contributed by atoms with Gasteiger partial charge in [-0.25, -0.2) is 0 Å². The lowest BCUT2D eigenvalue weighted by Crippen LogP contribution is -2.34. The van der Waals surface area contributed by atoms with Gasteiger partial charge in [0.2, 0.25) is 0 Å².